The highest BCUT2D eigenvalue weighted by atomic mass is 35.5. The Balaban J connectivity index is 2.33. The number of nitrogens with two attached hydrogens (primary N) is 1. The van der Waals surface area contributed by atoms with Gasteiger partial charge in [0, 0.05) is 11.6 Å². The molecular weight excluding hydrogens is 343 g/mol. The van der Waals surface area contributed by atoms with E-state index in [1.165, 1.54) is 12.1 Å². The maximum Gasteiger partial charge on any atom is 0.270 e. The summed E-state index contributed by atoms with van der Waals surface area (Å²) in [6.07, 6.45) is 0. The van der Waals surface area contributed by atoms with Crippen molar-refractivity contribution in [3.05, 3.63) is 70.6 Å². The van der Waals surface area contributed by atoms with Gasteiger partial charge < -0.3 is 5.73 Å². The van der Waals surface area contributed by atoms with E-state index in [0.29, 0.717) is 5.56 Å². The normalized spacial score (nSPS) is 10.8. The van der Waals surface area contributed by atoms with E-state index in [4.69, 9.17) is 17.3 Å². The molecule has 0 aliphatic carbocycles. The summed E-state index contributed by atoms with van der Waals surface area (Å²) in [7, 11) is 0. The van der Waals surface area contributed by atoms with Crippen LogP contribution in [0.5, 0.6) is 0 Å². The van der Waals surface area contributed by atoms with E-state index in [2.05, 4.69) is 5.10 Å². The third kappa shape index (κ3) is 2.74. The predicted molar refractivity (Wildman–Crippen MR) is 82.4 cm³/mol. The van der Waals surface area contributed by atoms with E-state index in [-0.39, 0.29) is 22.1 Å². The molecule has 0 aliphatic heterocycles. The Bertz CT molecular complexity index is 938. The second-order valence-corrected chi connectivity index (χ2v) is 5.27. The van der Waals surface area contributed by atoms with Crippen LogP contribution in [0.15, 0.2) is 42.5 Å². The summed E-state index contributed by atoms with van der Waals surface area (Å²) in [5.41, 5.74) is 5.10. The van der Waals surface area contributed by atoms with Crippen molar-refractivity contribution in [1.29, 1.82) is 0 Å². The van der Waals surface area contributed by atoms with Gasteiger partial charge in [0.1, 0.15) is 28.2 Å². The molecule has 0 saturated carbocycles. The molecule has 0 spiro atoms. The first-order valence-corrected chi connectivity index (χ1v) is 7.06. The monoisotopic (exact) mass is 351 g/mol. The van der Waals surface area contributed by atoms with Gasteiger partial charge in [-0.1, -0.05) is 11.6 Å². The van der Waals surface area contributed by atoms with E-state index >= 15 is 0 Å². The fourth-order valence-corrected chi connectivity index (χ4v) is 2.56. The highest BCUT2D eigenvalue weighted by Crippen LogP contribution is 2.33. The fourth-order valence-electron chi connectivity index (χ4n) is 2.24. The molecule has 8 heteroatoms. The Morgan fingerprint density at radius 1 is 1.04 bits per heavy atom. The molecule has 1 aromatic heterocycles. The summed E-state index contributed by atoms with van der Waals surface area (Å²) in [5.74, 6) is -2.91. The lowest BCUT2D eigenvalue weighted by molar-refractivity contribution is 0.0995. The molecule has 3 aromatic rings. The van der Waals surface area contributed by atoms with Crippen LogP contribution in [0.25, 0.3) is 16.9 Å². The molecule has 4 nitrogen and oxygen atoms in total. The highest BCUT2D eigenvalue weighted by Gasteiger charge is 2.23. The van der Waals surface area contributed by atoms with Crippen LogP contribution in [0.3, 0.4) is 0 Å². The van der Waals surface area contributed by atoms with E-state index < -0.39 is 23.4 Å². The van der Waals surface area contributed by atoms with Gasteiger partial charge in [0.05, 0.1) is 5.69 Å². The smallest absolute Gasteiger partial charge is 0.270 e. The maximum absolute atomic E-state index is 14.1. The summed E-state index contributed by atoms with van der Waals surface area (Å²) in [6, 6.07) is 7.82. The highest BCUT2D eigenvalue weighted by molar-refractivity contribution is 6.36. The molecule has 0 aliphatic rings. The van der Waals surface area contributed by atoms with Crippen molar-refractivity contribution in [2.24, 2.45) is 5.73 Å². The number of aromatic nitrogens is 2. The summed E-state index contributed by atoms with van der Waals surface area (Å²) in [5, 5.41) is 3.75. The molecule has 1 amide bonds. The molecule has 0 unspecified atom stereocenters. The Kier molecular flexibility index (Phi) is 4.02. The first-order chi connectivity index (χ1) is 11.4. The van der Waals surface area contributed by atoms with Gasteiger partial charge in [-0.15, -0.1) is 0 Å². The average Bonchev–Trinajstić information content (AvgIpc) is 2.88. The van der Waals surface area contributed by atoms with Crippen LogP contribution in [0.1, 0.15) is 10.5 Å². The summed E-state index contributed by atoms with van der Waals surface area (Å²) < 4.78 is 41.7. The van der Waals surface area contributed by atoms with Gasteiger partial charge in [-0.3, -0.25) is 4.79 Å². The number of carbonyl (C=O) groups is 1. The van der Waals surface area contributed by atoms with Crippen LogP contribution in [0.4, 0.5) is 13.2 Å². The zero-order chi connectivity index (χ0) is 17.4. The second-order valence-electron chi connectivity index (χ2n) is 4.89. The third-order valence-electron chi connectivity index (χ3n) is 3.32. The quantitative estimate of drug-likeness (QED) is 0.782. The van der Waals surface area contributed by atoms with Crippen LogP contribution < -0.4 is 5.73 Å². The van der Waals surface area contributed by atoms with Crippen molar-refractivity contribution < 1.29 is 18.0 Å². The largest absolute Gasteiger partial charge is 0.364 e. The lowest BCUT2D eigenvalue weighted by Gasteiger charge is -2.09. The molecule has 0 bridgehead atoms. The van der Waals surface area contributed by atoms with Gasteiger partial charge in [0.15, 0.2) is 5.69 Å². The summed E-state index contributed by atoms with van der Waals surface area (Å²) >= 11 is 6.15. The number of rotatable bonds is 3. The molecular formula is C16H9ClF3N3O. The van der Waals surface area contributed by atoms with Gasteiger partial charge in [-0.25, -0.2) is 17.9 Å². The zero-order valence-corrected chi connectivity index (χ0v) is 12.7. The molecule has 122 valence electrons. The molecule has 0 fully saturated rings. The second kappa shape index (κ2) is 6.01. The number of halogens is 4. The van der Waals surface area contributed by atoms with Crippen LogP contribution >= 0.6 is 11.6 Å². The minimum absolute atomic E-state index is 0.0926. The topological polar surface area (TPSA) is 60.9 Å². The molecule has 1 heterocycles. The maximum atomic E-state index is 14.1. The van der Waals surface area contributed by atoms with E-state index in [9.17, 15) is 18.0 Å². The molecule has 0 atom stereocenters. The number of benzene rings is 2. The molecule has 0 saturated heterocycles. The molecule has 0 radical (unpaired) electrons. The first-order valence-electron chi connectivity index (χ1n) is 6.68. The van der Waals surface area contributed by atoms with Gasteiger partial charge in [0.25, 0.3) is 5.91 Å². The van der Waals surface area contributed by atoms with Crippen molar-refractivity contribution >= 4 is 17.5 Å². The fraction of sp³-hybridized carbons (Fsp3) is 0. The van der Waals surface area contributed by atoms with E-state index in [0.717, 1.165) is 35.0 Å². The minimum atomic E-state index is -0.932. The number of hydrogen-bond acceptors (Lipinski definition) is 2. The Morgan fingerprint density at radius 3 is 2.29 bits per heavy atom. The number of carbonyl (C=O) groups excluding carboxylic acids is 1. The molecule has 2 aromatic carbocycles. The molecule has 24 heavy (non-hydrogen) atoms. The third-order valence-corrected chi connectivity index (χ3v) is 3.67. The summed E-state index contributed by atoms with van der Waals surface area (Å²) in [6.45, 7) is 0. The molecule has 2 N–H and O–H groups in total. The minimum Gasteiger partial charge on any atom is -0.364 e. The van der Waals surface area contributed by atoms with Gasteiger partial charge in [0.2, 0.25) is 0 Å². The van der Waals surface area contributed by atoms with Crippen molar-refractivity contribution in [2.75, 3.05) is 0 Å². The number of nitrogens with zero attached hydrogens (tertiary/aromatic N) is 2. The van der Waals surface area contributed by atoms with Crippen LogP contribution in [-0.4, -0.2) is 15.7 Å². The summed E-state index contributed by atoms with van der Waals surface area (Å²) in [4.78, 5) is 11.5. The van der Waals surface area contributed by atoms with Crippen molar-refractivity contribution in [3.63, 3.8) is 0 Å². The Morgan fingerprint density at radius 2 is 1.67 bits per heavy atom. The number of hydrogen-bond donors (Lipinski definition) is 1. The van der Waals surface area contributed by atoms with Gasteiger partial charge in [-0.05, 0) is 36.4 Å². The number of amides is 1. The van der Waals surface area contributed by atoms with Crippen molar-refractivity contribution in [2.45, 2.75) is 0 Å². The van der Waals surface area contributed by atoms with E-state index in [1.807, 2.05) is 0 Å². The van der Waals surface area contributed by atoms with Crippen LogP contribution in [-0.2, 0) is 0 Å². The zero-order valence-electron chi connectivity index (χ0n) is 11.9. The number of primary amides is 1. The lowest BCUT2D eigenvalue weighted by Crippen LogP contribution is -2.13. The Hall–Kier alpha value is -2.80. The van der Waals surface area contributed by atoms with Gasteiger partial charge >= 0.3 is 0 Å². The Labute approximate surface area is 139 Å². The van der Waals surface area contributed by atoms with Crippen molar-refractivity contribution in [3.8, 4) is 16.9 Å². The van der Waals surface area contributed by atoms with E-state index in [1.54, 1.807) is 0 Å². The average molecular weight is 352 g/mol. The van der Waals surface area contributed by atoms with Crippen molar-refractivity contribution in [1.82, 2.24) is 9.78 Å². The lowest BCUT2D eigenvalue weighted by atomic mass is 10.1. The standard InChI is InChI=1S/C16H9ClF3N3O/c17-13-14(16(21)24)22-23(12-7-10(19)5-6-11(12)20)15(13)8-1-3-9(18)4-2-8/h1-7H,(H2,21,24). The predicted octanol–water partition coefficient (Wildman–Crippen LogP) is 3.71. The van der Waals surface area contributed by atoms with Crippen LogP contribution in [0, 0.1) is 17.5 Å². The molecule has 3 rings (SSSR count). The van der Waals surface area contributed by atoms with Gasteiger partial charge in [-0.2, -0.15) is 5.10 Å². The SMILES string of the molecule is NC(=O)c1nn(-c2cc(F)ccc2F)c(-c2ccc(F)cc2)c1Cl. The van der Waals surface area contributed by atoms with Crippen LogP contribution in [0.2, 0.25) is 5.02 Å². The first kappa shape index (κ1) is 16.1.